The molecular formula is C23H16ClF5N2O5S. The predicted octanol–water partition coefficient (Wildman–Crippen LogP) is 5.62. The van der Waals surface area contributed by atoms with E-state index in [1.165, 1.54) is 12.1 Å². The highest BCUT2D eigenvalue weighted by Gasteiger charge is 2.33. The number of alkyl halides is 3. The van der Waals surface area contributed by atoms with Gasteiger partial charge in [-0.3, -0.25) is 9.52 Å². The van der Waals surface area contributed by atoms with Gasteiger partial charge in [-0.2, -0.15) is 13.2 Å². The monoisotopic (exact) mass is 562 g/mol. The smallest absolute Gasteiger partial charge is 0.417 e. The van der Waals surface area contributed by atoms with Gasteiger partial charge in [-0.1, -0.05) is 23.7 Å². The van der Waals surface area contributed by atoms with Gasteiger partial charge in [0.15, 0.2) is 6.10 Å². The summed E-state index contributed by atoms with van der Waals surface area (Å²) in [6.45, 7) is 1.13. The Morgan fingerprint density at radius 2 is 1.68 bits per heavy atom. The van der Waals surface area contributed by atoms with E-state index in [1.54, 1.807) is 0 Å². The van der Waals surface area contributed by atoms with Gasteiger partial charge in [0, 0.05) is 11.8 Å². The average Bonchev–Trinajstić information content (AvgIpc) is 2.79. The molecule has 37 heavy (non-hydrogen) atoms. The Morgan fingerprint density at radius 1 is 1.00 bits per heavy atom. The fourth-order valence-electron chi connectivity index (χ4n) is 2.98. The number of carbonyl (C=O) groups is 2. The van der Waals surface area contributed by atoms with Crippen LogP contribution in [0, 0.1) is 11.6 Å². The second kappa shape index (κ2) is 10.7. The molecular weight excluding hydrogens is 547 g/mol. The van der Waals surface area contributed by atoms with Gasteiger partial charge in [-0.05, 0) is 49.4 Å². The minimum atomic E-state index is -4.77. The van der Waals surface area contributed by atoms with Gasteiger partial charge in [-0.25, -0.2) is 22.0 Å². The topological polar surface area (TPSA) is 102 Å². The maximum absolute atomic E-state index is 14.0. The Kier molecular flexibility index (Phi) is 8.08. The highest BCUT2D eigenvalue weighted by molar-refractivity contribution is 7.92. The number of benzene rings is 3. The summed E-state index contributed by atoms with van der Waals surface area (Å²) in [5, 5.41) is 1.59. The average molecular weight is 563 g/mol. The van der Waals surface area contributed by atoms with Gasteiger partial charge in [-0.15, -0.1) is 0 Å². The molecule has 0 aliphatic carbocycles. The van der Waals surface area contributed by atoms with Gasteiger partial charge in [0.2, 0.25) is 0 Å². The lowest BCUT2D eigenvalue weighted by atomic mass is 10.2. The van der Waals surface area contributed by atoms with Gasteiger partial charge in [0.25, 0.3) is 15.9 Å². The molecule has 7 nitrogen and oxygen atoms in total. The fourth-order valence-corrected chi connectivity index (χ4v) is 4.35. The number of ether oxygens (including phenoxy) is 1. The third-order valence-corrected chi connectivity index (χ3v) is 6.50. The third-order valence-electron chi connectivity index (χ3n) is 4.77. The number of amides is 1. The van der Waals surface area contributed by atoms with Crippen molar-refractivity contribution in [2.24, 2.45) is 0 Å². The lowest BCUT2D eigenvalue weighted by Crippen LogP contribution is -2.30. The zero-order valence-corrected chi connectivity index (χ0v) is 20.1. The highest BCUT2D eigenvalue weighted by atomic mass is 35.5. The molecule has 3 aromatic rings. The van der Waals surface area contributed by atoms with Crippen LogP contribution in [0.25, 0.3) is 0 Å². The van der Waals surface area contributed by atoms with Gasteiger partial charge in [0.05, 0.1) is 21.8 Å². The summed E-state index contributed by atoms with van der Waals surface area (Å²) in [5.74, 6) is -4.53. The molecule has 14 heteroatoms. The quantitative estimate of drug-likeness (QED) is 0.287. The number of anilines is 2. The lowest BCUT2D eigenvalue weighted by molar-refractivity contribution is -0.137. The molecule has 0 aliphatic rings. The first-order chi connectivity index (χ1) is 17.2. The van der Waals surface area contributed by atoms with Crippen molar-refractivity contribution in [1.82, 2.24) is 0 Å². The number of esters is 1. The van der Waals surface area contributed by atoms with Crippen molar-refractivity contribution >= 4 is 44.9 Å². The molecule has 1 atom stereocenters. The summed E-state index contributed by atoms with van der Waals surface area (Å²) in [6, 6.07) is 9.46. The molecule has 0 heterocycles. The Bertz CT molecular complexity index is 1460. The first-order valence-electron chi connectivity index (χ1n) is 10.1. The second-order valence-electron chi connectivity index (χ2n) is 7.45. The number of sulfonamides is 1. The van der Waals surface area contributed by atoms with Crippen LogP contribution >= 0.6 is 11.6 Å². The molecule has 0 radical (unpaired) electrons. The van der Waals surface area contributed by atoms with E-state index in [0.717, 1.165) is 37.3 Å². The van der Waals surface area contributed by atoms with E-state index in [9.17, 15) is 40.0 Å². The number of hydrogen-bond acceptors (Lipinski definition) is 5. The molecule has 196 valence electrons. The number of rotatable bonds is 7. The van der Waals surface area contributed by atoms with Crippen LogP contribution in [0.1, 0.15) is 22.8 Å². The highest BCUT2D eigenvalue weighted by Crippen LogP contribution is 2.36. The molecule has 1 unspecified atom stereocenters. The number of nitrogens with one attached hydrogen (secondary N) is 2. The van der Waals surface area contributed by atoms with Crippen LogP contribution in [-0.4, -0.2) is 26.4 Å². The van der Waals surface area contributed by atoms with E-state index in [2.05, 4.69) is 5.32 Å². The summed E-state index contributed by atoms with van der Waals surface area (Å²) in [7, 11) is -4.60. The minimum Gasteiger partial charge on any atom is -0.449 e. The Morgan fingerprint density at radius 3 is 2.32 bits per heavy atom. The molecule has 0 spiro atoms. The summed E-state index contributed by atoms with van der Waals surface area (Å²) in [4.78, 5) is 24.2. The second-order valence-corrected chi connectivity index (χ2v) is 9.51. The standard InChI is InChI=1S/C23H16ClF5N2O5S/c1-12(21(32)30-14-7-8-17(24)16(11-14)23(27,28)29)36-22(33)15-4-2-3-5-19(15)31-37(34,35)20-9-6-13(25)10-18(20)26/h2-12,31H,1H3,(H,30,32). The fraction of sp³-hybridized carbons (Fsp3) is 0.130. The first kappa shape index (κ1) is 27.9. The predicted molar refractivity (Wildman–Crippen MR) is 124 cm³/mol. The Balaban J connectivity index is 1.76. The van der Waals surface area contributed by atoms with E-state index in [0.29, 0.717) is 18.2 Å². The molecule has 1 amide bonds. The Hall–Kier alpha value is -3.71. The number of carbonyl (C=O) groups excluding carboxylic acids is 2. The number of para-hydroxylation sites is 1. The minimum absolute atomic E-state index is 0.265. The SMILES string of the molecule is CC(OC(=O)c1ccccc1NS(=O)(=O)c1ccc(F)cc1F)C(=O)Nc1ccc(Cl)c(C(F)(F)F)c1. The largest absolute Gasteiger partial charge is 0.449 e. The van der Waals surface area contributed by atoms with E-state index in [1.807, 2.05) is 4.72 Å². The Labute approximate surface area is 212 Å². The van der Waals surface area contributed by atoms with E-state index < -0.39 is 61.3 Å². The van der Waals surface area contributed by atoms with E-state index in [-0.39, 0.29) is 16.9 Å². The van der Waals surface area contributed by atoms with Gasteiger partial charge >= 0.3 is 12.1 Å². The van der Waals surface area contributed by atoms with Crippen molar-refractivity contribution in [3.63, 3.8) is 0 Å². The van der Waals surface area contributed by atoms with Crippen LogP contribution in [0.3, 0.4) is 0 Å². The van der Waals surface area contributed by atoms with Crippen LogP contribution in [0.15, 0.2) is 65.6 Å². The lowest BCUT2D eigenvalue weighted by Gasteiger charge is -2.17. The van der Waals surface area contributed by atoms with Crippen molar-refractivity contribution in [3.8, 4) is 0 Å². The summed E-state index contributed by atoms with van der Waals surface area (Å²) < 4.78 is 98.4. The molecule has 0 bridgehead atoms. The molecule has 2 N–H and O–H groups in total. The number of halogens is 6. The molecule has 0 saturated carbocycles. The zero-order chi connectivity index (χ0) is 27.5. The van der Waals surface area contributed by atoms with Gasteiger partial charge in [0.1, 0.15) is 16.5 Å². The molecule has 3 aromatic carbocycles. The maximum atomic E-state index is 14.0. The van der Waals surface area contributed by atoms with Crippen molar-refractivity contribution in [2.75, 3.05) is 10.0 Å². The summed E-state index contributed by atoms with van der Waals surface area (Å²) >= 11 is 5.54. The number of hydrogen-bond donors (Lipinski definition) is 2. The third kappa shape index (κ3) is 6.74. The van der Waals surface area contributed by atoms with Gasteiger partial charge < -0.3 is 10.1 Å². The van der Waals surface area contributed by atoms with E-state index >= 15 is 0 Å². The maximum Gasteiger partial charge on any atom is 0.417 e. The van der Waals surface area contributed by atoms with Crippen molar-refractivity contribution < 1.29 is 44.7 Å². The summed E-state index contributed by atoms with van der Waals surface area (Å²) in [5.41, 5.74) is -2.15. The van der Waals surface area contributed by atoms with E-state index in [4.69, 9.17) is 16.3 Å². The molecule has 0 saturated heterocycles. The van der Waals surface area contributed by atoms with Crippen LogP contribution in [0.5, 0.6) is 0 Å². The van der Waals surface area contributed by atoms with Crippen LogP contribution in [0.4, 0.5) is 33.3 Å². The molecule has 0 aliphatic heterocycles. The zero-order valence-electron chi connectivity index (χ0n) is 18.6. The van der Waals surface area contributed by atoms with Crippen LogP contribution in [0.2, 0.25) is 5.02 Å². The van der Waals surface area contributed by atoms with Crippen LogP contribution < -0.4 is 10.0 Å². The summed E-state index contributed by atoms with van der Waals surface area (Å²) in [6.07, 6.45) is -6.30. The molecule has 3 rings (SSSR count). The van der Waals surface area contributed by atoms with Crippen molar-refractivity contribution in [3.05, 3.63) is 88.4 Å². The van der Waals surface area contributed by atoms with Crippen LogP contribution in [-0.2, 0) is 25.7 Å². The molecule has 0 aromatic heterocycles. The van der Waals surface area contributed by atoms with Crippen molar-refractivity contribution in [1.29, 1.82) is 0 Å². The van der Waals surface area contributed by atoms with Crippen molar-refractivity contribution in [2.45, 2.75) is 24.1 Å². The molecule has 0 fully saturated rings. The first-order valence-corrected chi connectivity index (χ1v) is 12.0. The normalized spacial score (nSPS) is 12.5.